The van der Waals surface area contributed by atoms with Crippen LogP contribution in [0.25, 0.3) is 15.5 Å². The predicted molar refractivity (Wildman–Crippen MR) is 108 cm³/mol. The van der Waals surface area contributed by atoms with Crippen LogP contribution in [0.4, 0.5) is 0 Å². The van der Waals surface area contributed by atoms with Gasteiger partial charge in [-0.05, 0) is 36.8 Å². The lowest BCUT2D eigenvalue weighted by Gasteiger charge is -2.08. The van der Waals surface area contributed by atoms with E-state index in [1.165, 1.54) is 11.3 Å². The molecule has 0 spiro atoms. The number of aromatic nitrogens is 4. The molecule has 8 heteroatoms. The summed E-state index contributed by atoms with van der Waals surface area (Å²) in [5, 5.41) is 14.2. The van der Waals surface area contributed by atoms with Crippen molar-refractivity contribution in [2.75, 3.05) is 20.8 Å². The molecule has 0 amide bonds. The summed E-state index contributed by atoms with van der Waals surface area (Å²) in [6.45, 7) is 2.60. The highest BCUT2D eigenvalue weighted by Gasteiger charge is 2.15. The topological polar surface area (TPSA) is 70.8 Å². The van der Waals surface area contributed by atoms with Crippen molar-refractivity contribution in [2.24, 2.45) is 0 Å². The van der Waals surface area contributed by atoms with Crippen LogP contribution >= 0.6 is 11.3 Å². The Labute approximate surface area is 166 Å². The highest BCUT2D eigenvalue weighted by molar-refractivity contribution is 7.19. The maximum Gasteiger partial charge on any atom is 0.234 e. The first-order chi connectivity index (χ1) is 13.7. The van der Waals surface area contributed by atoms with Crippen LogP contribution in [0.15, 0.2) is 42.5 Å². The lowest BCUT2D eigenvalue weighted by molar-refractivity contribution is 0.340. The van der Waals surface area contributed by atoms with Gasteiger partial charge in [-0.1, -0.05) is 29.5 Å². The fourth-order valence-corrected chi connectivity index (χ4v) is 3.80. The molecule has 7 nitrogen and oxygen atoms in total. The van der Waals surface area contributed by atoms with E-state index in [2.05, 4.69) is 10.2 Å². The van der Waals surface area contributed by atoms with Crippen molar-refractivity contribution in [1.29, 1.82) is 0 Å². The van der Waals surface area contributed by atoms with Crippen molar-refractivity contribution >= 4 is 16.3 Å². The Balaban J connectivity index is 1.64. The van der Waals surface area contributed by atoms with Gasteiger partial charge in [-0.3, -0.25) is 0 Å². The number of benzene rings is 2. The summed E-state index contributed by atoms with van der Waals surface area (Å²) in [5.41, 5.74) is 2.04. The largest absolute Gasteiger partial charge is 0.494 e. The third-order valence-corrected chi connectivity index (χ3v) is 5.21. The summed E-state index contributed by atoms with van der Waals surface area (Å²) in [6.07, 6.45) is 0.587. The quantitative estimate of drug-likeness (QED) is 0.472. The van der Waals surface area contributed by atoms with Gasteiger partial charge in [0.1, 0.15) is 10.8 Å². The van der Waals surface area contributed by atoms with Gasteiger partial charge in [-0.2, -0.15) is 9.61 Å². The standard InChI is InChI=1S/C20H20N4O3S/c1-4-27-15-7-5-6-14(12-15)19-23-24-18(21-22-20(24)28-19)11-13-8-9-16(25-2)17(10-13)26-3/h5-10,12H,4,11H2,1-3H3. The highest BCUT2D eigenvalue weighted by atomic mass is 32.1. The first kappa shape index (κ1) is 18.2. The number of rotatable bonds is 7. The summed E-state index contributed by atoms with van der Waals surface area (Å²) in [5.74, 6) is 2.98. The van der Waals surface area contributed by atoms with Crippen molar-refractivity contribution < 1.29 is 14.2 Å². The summed E-state index contributed by atoms with van der Waals surface area (Å²) in [7, 11) is 3.25. The molecule has 0 atom stereocenters. The molecule has 0 bridgehead atoms. The first-order valence-corrected chi connectivity index (χ1v) is 9.68. The molecule has 2 aromatic heterocycles. The van der Waals surface area contributed by atoms with Crippen molar-refractivity contribution in [2.45, 2.75) is 13.3 Å². The van der Waals surface area contributed by atoms with E-state index in [1.807, 2.05) is 49.4 Å². The number of hydrogen-bond donors (Lipinski definition) is 0. The van der Waals surface area contributed by atoms with Crippen molar-refractivity contribution in [3.05, 3.63) is 53.9 Å². The van der Waals surface area contributed by atoms with Gasteiger partial charge in [0, 0.05) is 12.0 Å². The average Bonchev–Trinajstić information content (AvgIpc) is 3.30. The molecule has 144 valence electrons. The Morgan fingerprint density at radius 3 is 2.64 bits per heavy atom. The van der Waals surface area contributed by atoms with E-state index in [0.29, 0.717) is 24.5 Å². The number of methoxy groups -OCH3 is 2. The minimum Gasteiger partial charge on any atom is -0.494 e. The molecule has 0 N–H and O–H groups in total. The van der Waals surface area contributed by atoms with Gasteiger partial charge in [0.25, 0.3) is 0 Å². The minimum atomic E-state index is 0.587. The molecule has 0 saturated carbocycles. The molecule has 0 saturated heterocycles. The first-order valence-electron chi connectivity index (χ1n) is 8.87. The summed E-state index contributed by atoms with van der Waals surface area (Å²) >= 11 is 1.50. The number of nitrogens with zero attached hydrogens (tertiary/aromatic N) is 4. The zero-order chi connectivity index (χ0) is 19.5. The molecule has 0 aliphatic heterocycles. The van der Waals surface area contributed by atoms with Gasteiger partial charge in [0.05, 0.1) is 20.8 Å². The molecule has 0 aliphatic carbocycles. The normalized spacial score (nSPS) is 11.0. The summed E-state index contributed by atoms with van der Waals surface area (Å²) in [6, 6.07) is 13.7. The molecule has 4 aromatic rings. The van der Waals surface area contributed by atoms with Gasteiger partial charge in [0.2, 0.25) is 4.96 Å². The summed E-state index contributed by atoms with van der Waals surface area (Å²) < 4.78 is 18.1. The van der Waals surface area contributed by atoms with Crippen LogP contribution < -0.4 is 14.2 Å². The van der Waals surface area contributed by atoms with Crippen LogP contribution in [-0.4, -0.2) is 40.6 Å². The molecule has 4 rings (SSSR count). The van der Waals surface area contributed by atoms with Crippen LogP contribution in [0.5, 0.6) is 17.2 Å². The molecular formula is C20H20N4O3S. The maximum absolute atomic E-state index is 5.59. The monoisotopic (exact) mass is 396 g/mol. The van der Waals surface area contributed by atoms with Gasteiger partial charge in [-0.25, -0.2) is 0 Å². The molecule has 0 radical (unpaired) electrons. The van der Waals surface area contributed by atoms with E-state index < -0.39 is 0 Å². The van der Waals surface area contributed by atoms with Gasteiger partial charge in [-0.15, -0.1) is 10.2 Å². The zero-order valence-electron chi connectivity index (χ0n) is 15.9. The van der Waals surface area contributed by atoms with Crippen LogP contribution in [0, 0.1) is 0 Å². The lowest BCUT2D eigenvalue weighted by atomic mass is 10.1. The molecule has 28 heavy (non-hydrogen) atoms. The van der Waals surface area contributed by atoms with E-state index in [0.717, 1.165) is 32.7 Å². The minimum absolute atomic E-state index is 0.587. The Morgan fingerprint density at radius 2 is 1.86 bits per heavy atom. The molecule has 0 aliphatic rings. The SMILES string of the molecule is CCOc1cccc(-c2nn3c(Cc4ccc(OC)c(OC)c4)nnc3s2)c1. The number of fused-ring (bicyclic) bond motifs is 1. The van der Waals surface area contributed by atoms with Gasteiger partial charge in [0.15, 0.2) is 17.3 Å². The lowest BCUT2D eigenvalue weighted by Crippen LogP contribution is -1.99. The Kier molecular flexibility index (Phi) is 5.12. The van der Waals surface area contributed by atoms with E-state index >= 15 is 0 Å². The Bertz CT molecular complexity index is 1110. The smallest absolute Gasteiger partial charge is 0.234 e. The second-order valence-corrected chi connectivity index (χ2v) is 7.00. The highest BCUT2D eigenvalue weighted by Crippen LogP contribution is 2.30. The average molecular weight is 396 g/mol. The molecule has 2 heterocycles. The third-order valence-electron chi connectivity index (χ3n) is 4.26. The molecular weight excluding hydrogens is 376 g/mol. The fourth-order valence-electron chi connectivity index (χ4n) is 2.94. The van der Waals surface area contributed by atoms with Crippen molar-refractivity contribution in [3.63, 3.8) is 0 Å². The van der Waals surface area contributed by atoms with Crippen molar-refractivity contribution in [3.8, 4) is 27.8 Å². The predicted octanol–water partition coefficient (Wildman–Crippen LogP) is 3.86. The maximum atomic E-state index is 5.59. The molecule has 0 unspecified atom stereocenters. The summed E-state index contributed by atoms with van der Waals surface area (Å²) in [4.78, 5) is 0.757. The fraction of sp³-hybridized carbons (Fsp3) is 0.250. The number of hydrogen-bond acceptors (Lipinski definition) is 7. The van der Waals surface area contributed by atoms with Crippen molar-refractivity contribution in [1.82, 2.24) is 19.8 Å². The zero-order valence-corrected chi connectivity index (χ0v) is 16.7. The second kappa shape index (κ2) is 7.85. The Hall–Kier alpha value is -3.13. The Morgan fingerprint density at radius 1 is 1.00 bits per heavy atom. The van der Waals surface area contributed by atoms with Crippen LogP contribution in [0.3, 0.4) is 0 Å². The van der Waals surface area contributed by atoms with Crippen LogP contribution in [0.1, 0.15) is 18.3 Å². The third kappa shape index (κ3) is 3.50. The van der Waals surface area contributed by atoms with E-state index in [9.17, 15) is 0 Å². The van der Waals surface area contributed by atoms with E-state index in [-0.39, 0.29) is 0 Å². The van der Waals surface area contributed by atoms with E-state index in [1.54, 1.807) is 18.7 Å². The molecule has 2 aromatic carbocycles. The second-order valence-electron chi connectivity index (χ2n) is 6.04. The van der Waals surface area contributed by atoms with E-state index in [4.69, 9.17) is 19.3 Å². The number of ether oxygens (including phenoxy) is 3. The van der Waals surface area contributed by atoms with Gasteiger partial charge >= 0.3 is 0 Å². The van der Waals surface area contributed by atoms with Gasteiger partial charge < -0.3 is 14.2 Å². The van der Waals surface area contributed by atoms with Crippen LogP contribution in [0.2, 0.25) is 0 Å². The van der Waals surface area contributed by atoms with Crippen LogP contribution in [-0.2, 0) is 6.42 Å². The molecule has 0 fully saturated rings.